The summed E-state index contributed by atoms with van der Waals surface area (Å²) in [6.45, 7) is 19.1. The fourth-order valence-corrected chi connectivity index (χ4v) is 7.52. The normalized spacial score (nSPS) is 33.8. The van der Waals surface area contributed by atoms with E-state index in [0.717, 1.165) is 25.7 Å². The number of nitrogens with zero attached hydrogens (tertiary/aromatic N) is 1. The monoisotopic (exact) mass is 653 g/mol. The van der Waals surface area contributed by atoms with Gasteiger partial charge in [-0.2, -0.15) is 0 Å². The molecule has 8 atom stereocenters. The summed E-state index contributed by atoms with van der Waals surface area (Å²) in [6, 6.07) is 0. The van der Waals surface area contributed by atoms with Crippen LogP contribution in [0.25, 0.3) is 0 Å². The first-order valence-corrected chi connectivity index (χ1v) is 17.3. The molecular formula is C34H59N3O9. The molecule has 5 aliphatic rings. The van der Waals surface area contributed by atoms with Crippen molar-refractivity contribution in [2.24, 2.45) is 23.7 Å². The summed E-state index contributed by atoms with van der Waals surface area (Å²) in [7, 11) is 0. The Bertz CT molecular complexity index is 1080. The van der Waals surface area contributed by atoms with Crippen LogP contribution in [0.3, 0.4) is 0 Å². The molecule has 12 heteroatoms. The molecule has 0 unspecified atom stereocenters. The average molecular weight is 654 g/mol. The van der Waals surface area contributed by atoms with Crippen LogP contribution in [0.1, 0.15) is 114 Å². The van der Waals surface area contributed by atoms with Gasteiger partial charge in [-0.15, -0.1) is 0 Å². The number of carbonyl (C=O) groups excluding carboxylic acids is 3. The molecule has 5 fully saturated rings. The predicted molar refractivity (Wildman–Crippen MR) is 170 cm³/mol. The Hall–Kier alpha value is -2.15. The van der Waals surface area contributed by atoms with E-state index >= 15 is 0 Å². The van der Waals surface area contributed by atoms with Crippen LogP contribution in [0.4, 0.5) is 9.59 Å². The Morgan fingerprint density at radius 2 is 1.52 bits per heavy atom. The lowest BCUT2D eigenvalue weighted by Crippen LogP contribution is -2.70. The molecule has 46 heavy (non-hydrogen) atoms. The predicted octanol–water partition coefficient (Wildman–Crippen LogP) is 5.68. The van der Waals surface area contributed by atoms with E-state index in [0.29, 0.717) is 57.3 Å². The van der Waals surface area contributed by atoms with Crippen molar-refractivity contribution in [3.63, 3.8) is 0 Å². The second-order valence-electron chi connectivity index (χ2n) is 16.0. The summed E-state index contributed by atoms with van der Waals surface area (Å²) in [5.74, 6) is 0.173. The molecular weight excluding hydrogens is 594 g/mol. The molecule has 12 nitrogen and oxygen atoms in total. The van der Waals surface area contributed by atoms with E-state index < -0.39 is 41.1 Å². The van der Waals surface area contributed by atoms with Crippen molar-refractivity contribution in [2.45, 2.75) is 149 Å². The lowest BCUT2D eigenvalue weighted by atomic mass is 9.57. The molecule has 2 bridgehead atoms. The summed E-state index contributed by atoms with van der Waals surface area (Å²) >= 11 is 0. The van der Waals surface area contributed by atoms with Gasteiger partial charge in [0.25, 0.3) is 0 Å². The third kappa shape index (κ3) is 9.05. The number of nitrogens with one attached hydrogen (secondary N) is 2. The van der Waals surface area contributed by atoms with Crippen molar-refractivity contribution in [1.82, 2.24) is 15.5 Å². The number of fused-ring (bicyclic) bond motifs is 2. The van der Waals surface area contributed by atoms with Crippen LogP contribution in [0, 0.1) is 23.7 Å². The van der Waals surface area contributed by atoms with E-state index in [1.54, 1.807) is 4.90 Å². The van der Waals surface area contributed by atoms with Gasteiger partial charge in [0, 0.05) is 38.5 Å². The van der Waals surface area contributed by atoms with Crippen molar-refractivity contribution >= 4 is 18.1 Å². The number of hydrogen-bond donors (Lipinski definition) is 2. The molecule has 4 aliphatic heterocycles. The number of amides is 3. The molecule has 4 saturated heterocycles. The van der Waals surface area contributed by atoms with E-state index in [9.17, 15) is 14.4 Å². The van der Waals surface area contributed by atoms with E-state index in [-0.39, 0.29) is 30.3 Å². The Morgan fingerprint density at radius 3 is 2.22 bits per heavy atom. The molecule has 1 aliphatic carbocycles. The van der Waals surface area contributed by atoms with Gasteiger partial charge in [0.2, 0.25) is 11.7 Å². The van der Waals surface area contributed by atoms with Crippen molar-refractivity contribution in [1.29, 1.82) is 0 Å². The number of alkyl carbamates (subject to hydrolysis) is 1. The van der Waals surface area contributed by atoms with Crippen molar-refractivity contribution in [3.8, 4) is 0 Å². The van der Waals surface area contributed by atoms with E-state index in [4.69, 9.17) is 28.7 Å². The molecule has 0 radical (unpaired) electrons. The number of carbonyl (C=O) groups is 3. The minimum atomic E-state index is -0.841. The summed E-state index contributed by atoms with van der Waals surface area (Å²) in [5.41, 5.74) is -1.83. The second kappa shape index (κ2) is 14.5. The first-order chi connectivity index (χ1) is 21.4. The first kappa shape index (κ1) is 36.7. The molecule has 4 heterocycles. The molecule has 3 amide bonds. The summed E-state index contributed by atoms with van der Waals surface area (Å²) in [5, 5.41) is 5.78. The van der Waals surface area contributed by atoms with Gasteiger partial charge in [0.15, 0.2) is 11.9 Å². The van der Waals surface area contributed by atoms with Gasteiger partial charge in [-0.25, -0.2) is 19.4 Å². The first-order valence-electron chi connectivity index (χ1n) is 17.3. The molecule has 1 saturated carbocycles. The van der Waals surface area contributed by atoms with Crippen LogP contribution in [-0.2, 0) is 33.5 Å². The van der Waals surface area contributed by atoms with Crippen LogP contribution in [0.2, 0.25) is 0 Å². The number of rotatable bonds is 11. The van der Waals surface area contributed by atoms with Gasteiger partial charge < -0.3 is 34.5 Å². The van der Waals surface area contributed by atoms with Gasteiger partial charge in [-0.1, -0.05) is 13.8 Å². The highest BCUT2D eigenvalue weighted by molar-refractivity contribution is 5.76. The van der Waals surface area contributed by atoms with Gasteiger partial charge in [-0.05, 0) is 105 Å². The highest BCUT2D eigenvalue weighted by Crippen LogP contribution is 2.60. The van der Waals surface area contributed by atoms with Crippen LogP contribution < -0.4 is 10.6 Å². The van der Waals surface area contributed by atoms with E-state index in [1.165, 1.54) is 0 Å². The van der Waals surface area contributed by atoms with Gasteiger partial charge in [-0.3, -0.25) is 4.79 Å². The van der Waals surface area contributed by atoms with Crippen LogP contribution >= 0.6 is 0 Å². The zero-order valence-corrected chi connectivity index (χ0v) is 29.6. The largest absolute Gasteiger partial charge is 0.444 e. The average Bonchev–Trinajstić information content (AvgIpc) is 3.16. The quantitative estimate of drug-likeness (QED) is 0.214. The number of unbranched alkanes of at least 4 members (excludes halogenated alkanes) is 1. The summed E-state index contributed by atoms with van der Waals surface area (Å²) in [4.78, 5) is 51.7. The topological polar surface area (TPSA) is 134 Å². The smallest absolute Gasteiger partial charge is 0.410 e. The highest BCUT2D eigenvalue weighted by Gasteiger charge is 2.69. The van der Waals surface area contributed by atoms with Crippen molar-refractivity contribution < 1.29 is 43.1 Å². The van der Waals surface area contributed by atoms with Crippen molar-refractivity contribution in [3.05, 3.63) is 0 Å². The zero-order chi connectivity index (χ0) is 33.9. The molecule has 1 spiro atoms. The third-order valence-electron chi connectivity index (χ3n) is 9.78. The standard InChI is InChI=1S/C34H59N3O9/c1-22-13-14-25-23(2)26(41-28-34(25)24(22)15-16-33(9,42-28)45-46-34)21-27(38)35-17-10-11-19-37(30(40)44-32(6,7)8)20-12-18-36-29(39)43-31(3,4)5/h22-26,28H,10-21H2,1-9H3,(H,35,38)(H,36,39)/t22-,23-,24+,25+,26-,28-,33-,34-/m1/s1. The van der Waals surface area contributed by atoms with Crippen LogP contribution in [0.15, 0.2) is 0 Å². The Balaban J connectivity index is 1.23. The fraction of sp³-hybridized carbons (Fsp3) is 0.912. The SMILES string of the molecule is C[C@H]1[C@@H](CC(=O)NCCCCN(CCCNC(=O)OC(C)(C)C)C(=O)OC(C)(C)C)O[C@@H]2O[C@@]3(C)CC[C@H]4[C@H](C)CC[C@@H]1[C@@]24OO3. The Labute approximate surface area is 275 Å². The van der Waals surface area contributed by atoms with Gasteiger partial charge >= 0.3 is 12.2 Å². The maximum absolute atomic E-state index is 13.1. The van der Waals surface area contributed by atoms with Crippen molar-refractivity contribution in [2.75, 3.05) is 26.2 Å². The van der Waals surface area contributed by atoms with Gasteiger partial charge in [0.1, 0.15) is 11.2 Å². The summed E-state index contributed by atoms with van der Waals surface area (Å²) in [6.07, 6.45) is 4.31. The second-order valence-corrected chi connectivity index (χ2v) is 16.0. The Kier molecular flexibility index (Phi) is 11.6. The van der Waals surface area contributed by atoms with Crippen LogP contribution in [-0.4, -0.2) is 84.2 Å². The number of hydrogen-bond acceptors (Lipinski definition) is 9. The Morgan fingerprint density at radius 1 is 0.848 bits per heavy atom. The maximum atomic E-state index is 13.1. The van der Waals surface area contributed by atoms with E-state index in [1.807, 2.05) is 48.5 Å². The van der Waals surface area contributed by atoms with Gasteiger partial charge in [0.05, 0.1) is 12.5 Å². The molecule has 264 valence electrons. The summed E-state index contributed by atoms with van der Waals surface area (Å²) < 4.78 is 23.9. The molecule has 0 aromatic rings. The molecule has 2 N–H and O–H groups in total. The minimum absolute atomic E-state index is 0.0621. The number of ether oxygens (including phenoxy) is 4. The zero-order valence-electron chi connectivity index (χ0n) is 29.6. The third-order valence-corrected chi connectivity index (χ3v) is 9.78. The van der Waals surface area contributed by atoms with Crippen LogP contribution in [0.5, 0.6) is 0 Å². The lowest BCUT2D eigenvalue weighted by molar-refractivity contribution is -0.570. The molecule has 0 aromatic carbocycles. The lowest BCUT2D eigenvalue weighted by Gasteiger charge is -2.60. The highest BCUT2D eigenvalue weighted by atomic mass is 17.3. The molecule has 0 aromatic heterocycles. The fourth-order valence-electron chi connectivity index (χ4n) is 7.52. The maximum Gasteiger partial charge on any atom is 0.410 e. The van der Waals surface area contributed by atoms with E-state index in [2.05, 4.69) is 24.5 Å². The molecule has 5 rings (SSSR count). The minimum Gasteiger partial charge on any atom is -0.444 e.